The molecular formula is C28H32O8. The summed E-state index contributed by atoms with van der Waals surface area (Å²) in [5.74, 6) is -1.86. The van der Waals surface area contributed by atoms with E-state index in [4.69, 9.17) is 18.6 Å². The number of epoxide rings is 1. The van der Waals surface area contributed by atoms with E-state index in [2.05, 4.69) is 0 Å². The highest BCUT2D eigenvalue weighted by atomic mass is 16.7. The topological polar surface area (TPSA) is 112 Å². The Bertz CT molecular complexity index is 1230. The molecule has 6 rings (SSSR count). The first kappa shape index (κ1) is 23.6. The molecule has 2 saturated carbocycles. The molecule has 192 valence electrons. The van der Waals surface area contributed by atoms with Gasteiger partial charge in [-0.15, -0.1) is 0 Å². The molecule has 1 aromatic rings. The van der Waals surface area contributed by atoms with E-state index in [9.17, 15) is 19.2 Å². The molecule has 8 heteroatoms. The van der Waals surface area contributed by atoms with E-state index in [1.54, 1.807) is 12.1 Å². The molecule has 2 aliphatic heterocycles. The highest BCUT2D eigenvalue weighted by Crippen LogP contribution is 2.79. The number of carbonyl (C=O) groups is 4. The highest BCUT2D eigenvalue weighted by molar-refractivity contribution is 5.97. The Morgan fingerprint density at radius 1 is 1.08 bits per heavy atom. The molecular weight excluding hydrogens is 464 g/mol. The SMILES string of the molecule is CC(=O)OC1CC2C(C)(C)C(=O)C=CC2(C)C2C(=O)CC3(C)C(c4ccoc4)OC(=O)C4OC43C12C. The van der Waals surface area contributed by atoms with E-state index in [0.29, 0.717) is 12.0 Å². The lowest BCUT2D eigenvalue weighted by atomic mass is 9.35. The van der Waals surface area contributed by atoms with Crippen molar-refractivity contribution in [3.05, 3.63) is 36.3 Å². The molecule has 0 radical (unpaired) electrons. The summed E-state index contributed by atoms with van der Waals surface area (Å²) in [7, 11) is 0. The molecule has 3 heterocycles. The summed E-state index contributed by atoms with van der Waals surface area (Å²) in [6.07, 6.45) is 4.63. The molecule has 4 fully saturated rings. The van der Waals surface area contributed by atoms with Crippen LogP contribution < -0.4 is 0 Å². The molecule has 8 nitrogen and oxygen atoms in total. The van der Waals surface area contributed by atoms with Gasteiger partial charge in [-0.1, -0.05) is 40.7 Å². The standard InChI is InChI=1S/C28H32O8/c1-14(29)34-19-11-17-24(2,3)18(31)7-9-25(17,4)20-16(30)12-26(5)21(15-8-10-33-13-15)35-23(32)22-28(26,36-22)27(19,20)6/h7-10,13,17,19-22H,11-12H2,1-6H3. The molecule has 36 heavy (non-hydrogen) atoms. The van der Waals surface area contributed by atoms with Crippen LogP contribution in [0, 0.1) is 33.5 Å². The molecule has 9 atom stereocenters. The predicted molar refractivity (Wildman–Crippen MR) is 124 cm³/mol. The fourth-order valence-electron chi connectivity index (χ4n) is 9.05. The zero-order chi connectivity index (χ0) is 26.1. The average molecular weight is 497 g/mol. The number of rotatable bonds is 2. The van der Waals surface area contributed by atoms with Crippen LogP contribution in [0.2, 0.25) is 0 Å². The Kier molecular flexibility index (Phi) is 4.44. The number of hydrogen-bond donors (Lipinski definition) is 0. The smallest absolute Gasteiger partial charge is 0.339 e. The second kappa shape index (κ2) is 6.77. The molecule has 0 bridgehead atoms. The summed E-state index contributed by atoms with van der Waals surface area (Å²) in [5.41, 5.74) is -3.84. The third kappa shape index (κ3) is 2.44. The number of esters is 2. The number of hydrogen-bond acceptors (Lipinski definition) is 8. The molecule has 0 aromatic carbocycles. The van der Waals surface area contributed by atoms with Crippen LogP contribution in [0.15, 0.2) is 35.2 Å². The first-order valence-electron chi connectivity index (χ1n) is 12.6. The Hall–Kier alpha value is -2.74. The Labute approximate surface area is 209 Å². The molecule has 0 N–H and O–H groups in total. The van der Waals surface area contributed by atoms with Crippen molar-refractivity contribution in [1.82, 2.24) is 0 Å². The number of fused-ring (bicyclic) bond motifs is 3. The van der Waals surface area contributed by atoms with Gasteiger partial charge in [-0.25, -0.2) is 4.79 Å². The third-order valence-electron chi connectivity index (χ3n) is 10.5. The van der Waals surface area contributed by atoms with E-state index in [1.807, 2.05) is 40.7 Å². The summed E-state index contributed by atoms with van der Waals surface area (Å²) in [5, 5.41) is 0. The lowest BCUT2D eigenvalue weighted by molar-refractivity contribution is -0.243. The number of ether oxygens (including phenoxy) is 3. The van der Waals surface area contributed by atoms with Crippen LogP contribution in [0.1, 0.15) is 66.1 Å². The van der Waals surface area contributed by atoms with Crippen molar-refractivity contribution in [1.29, 1.82) is 0 Å². The first-order valence-corrected chi connectivity index (χ1v) is 12.6. The molecule has 9 unspecified atom stereocenters. The molecule has 3 aliphatic carbocycles. The molecule has 2 saturated heterocycles. The summed E-state index contributed by atoms with van der Waals surface area (Å²) < 4.78 is 23.6. The van der Waals surface area contributed by atoms with Gasteiger partial charge >= 0.3 is 11.9 Å². The number of Topliss-reactive ketones (excluding diaryl/α,β-unsaturated/α-hetero) is 1. The predicted octanol–water partition coefficient (Wildman–Crippen LogP) is 3.74. The lowest BCUT2D eigenvalue weighted by Crippen LogP contribution is -2.75. The van der Waals surface area contributed by atoms with Crippen LogP contribution in [-0.2, 0) is 33.4 Å². The summed E-state index contributed by atoms with van der Waals surface area (Å²) in [4.78, 5) is 53.0. The second-order valence-corrected chi connectivity index (χ2v) is 12.6. The fraction of sp³-hybridized carbons (Fsp3) is 0.643. The maximum absolute atomic E-state index is 14.4. The summed E-state index contributed by atoms with van der Waals surface area (Å²) in [6, 6.07) is 1.73. The van der Waals surface area contributed by atoms with E-state index < -0.39 is 63.4 Å². The van der Waals surface area contributed by atoms with Gasteiger partial charge in [-0.05, 0) is 24.5 Å². The molecule has 0 amide bonds. The van der Waals surface area contributed by atoms with Gasteiger partial charge in [-0.2, -0.15) is 0 Å². The second-order valence-electron chi connectivity index (χ2n) is 12.6. The number of furan rings is 1. The number of ketones is 2. The van der Waals surface area contributed by atoms with Gasteiger partial charge in [0.25, 0.3) is 0 Å². The fourth-order valence-corrected chi connectivity index (χ4v) is 9.05. The van der Waals surface area contributed by atoms with Crippen molar-refractivity contribution in [3.63, 3.8) is 0 Å². The van der Waals surface area contributed by atoms with E-state index >= 15 is 0 Å². The number of carbonyl (C=O) groups excluding carboxylic acids is 4. The number of cyclic esters (lactones) is 1. The van der Waals surface area contributed by atoms with Gasteiger partial charge in [0.15, 0.2) is 11.9 Å². The molecule has 1 spiro atoms. The first-order chi connectivity index (χ1) is 16.7. The highest BCUT2D eigenvalue weighted by Gasteiger charge is 2.90. The number of allylic oxidation sites excluding steroid dienone is 2. The van der Waals surface area contributed by atoms with E-state index in [-0.39, 0.29) is 23.9 Å². The van der Waals surface area contributed by atoms with Crippen molar-refractivity contribution in [2.75, 3.05) is 0 Å². The van der Waals surface area contributed by atoms with Crippen molar-refractivity contribution in [2.24, 2.45) is 33.5 Å². The van der Waals surface area contributed by atoms with Crippen LogP contribution in [0.4, 0.5) is 0 Å². The maximum Gasteiger partial charge on any atom is 0.339 e. The van der Waals surface area contributed by atoms with Gasteiger partial charge in [-0.3, -0.25) is 14.4 Å². The Morgan fingerprint density at radius 3 is 2.44 bits per heavy atom. The van der Waals surface area contributed by atoms with Crippen LogP contribution in [0.3, 0.4) is 0 Å². The normalized spacial score (nSPS) is 48.2. The Morgan fingerprint density at radius 2 is 1.81 bits per heavy atom. The van der Waals surface area contributed by atoms with Crippen molar-refractivity contribution in [2.45, 2.75) is 78.3 Å². The minimum Gasteiger partial charge on any atom is -0.472 e. The van der Waals surface area contributed by atoms with Crippen molar-refractivity contribution >= 4 is 23.5 Å². The third-order valence-corrected chi connectivity index (χ3v) is 10.5. The van der Waals surface area contributed by atoms with Gasteiger partial charge in [0.05, 0.1) is 12.5 Å². The van der Waals surface area contributed by atoms with Crippen LogP contribution in [-0.4, -0.2) is 41.3 Å². The zero-order valence-corrected chi connectivity index (χ0v) is 21.5. The summed E-state index contributed by atoms with van der Waals surface area (Å²) in [6.45, 7) is 11.0. The van der Waals surface area contributed by atoms with E-state index in [1.165, 1.54) is 19.5 Å². The van der Waals surface area contributed by atoms with Crippen LogP contribution in [0.5, 0.6) is 0 Å². The van der Waals surface area contributed by atoms with Crippen LogP contribution in [0.25, 0.3) is 0 Å². The van der Waals surface area contributed by atoms with Gasteiger partial charge in [0.2, 0.25) is 0 Å². The van der Waals surface area contributed by atoms with E-state index in [0.717, 1.165) is 0 Å². The van der Waals surface area contributed by atoms with Gasteiger partial charge in [0.1, 0.15) is 23.6 Å². The monoisotopic (exact) mass is 496 g/mol. The zero-order valence-electron chi connectivity index (χ0n) is 21.5. The van der Waals surface area contributed by atoms with Gasteiger partial charge < -0.3 is 18.6 Å². The quantitative estimate of drug-likeness (QED) is 0.450. The van der Waals surface area contributed by atoms with Crippen molar-refractivity contribution < 1.29 is 37.8 Å². The lowest BCUT2D eigenvalue weighted by Gasteiger charge is -2.67. The minimum atomic E-state index is -1.09. The summed E-state index contributed by atoms with van der Waals surface area (Å²) >= 11 is 0. The average Bonchev–Trinajstić information content (AvgIpc) is 3.36. The van der Waals surface area contributed by atoms with Gasteiger partial charge in [0, 0.05) is 46.5 Å². The van der Waals surface area contributed by atoms with Crippen molar-refractivity contribution in [3.8, 4) is 0 Å². The maximum atomic E-state index is 14.4. The largest absolute Gasteiger partial charge is 0.472 e. The minimum absolute atomic E-state index is 0.00882. The molecule has 5 aliphatic rings. The van der Waals surface area contributed by atoms with Crippen LogP contribution >= 0.6 is 0 Å². The molecule has 1 aromatic heterocycles. The Balaban J connectivity index is 1.59.